The van der Waals surface area contributed by atoms with E-state index in [1.807, 2.05) is 6.08 Å². The molecule has 0 atom stereocenters. The minimum Gasteiger partial charge on any atom is -0.311 e. The minimum absolute atomic E-state index is 0.0528. The molecule has 0 saturated carbocycles. The molecule has 0 N–H and O–H groups in total. The fourth-order valence-electron chi connectivity index (χ4n) is 6.35. The maximum Gasteiger partial charge on any atom is 0.0464 e. The number of fused-ring (bicyclic) bond motifs is 3. The van der Waals surface area contributed by atoms with E-state index in [1.54, 1.807) is 0 Å². The monoisotopic (exact) mass is 519 g/mol. The number of hydrogen-bond acceptors (Lipinski definition) is 1. The van der Waals surface area contributed by atoms with Crippen LogP contribution in [0.25, 0.3) is 22.3 Å². The van der Waals surface area contributed by atoms with Crippen LogP contribution >= 0.6 is 0 Å². The van der Waals surface area contributed by atoms with E-state index in [1.165, 1.54) is 50.1 Å². The zero-order valence-corrected chi connectivity index (χ0v) is 24.0. The van der Waals surface area contributed by atoms with Crippen molar-refractivity contribution in [3.8, 4) is 11.1 Å². The molecule has 0 fully saturated rings. The molecule has 2 aliphatic carbocycles. The Morgan fingerprint density at radius 2 is 1.48 bits per heavy atom. The van der Waals surface area contributed by atoms with E-state index in [2.05, 4.69) is 148 Å². The maximum absolute atomic E-state index is 4.15. The molecule has 1 nitrogen and oxygen atoms in total. The van der Waals surface area contributed by atoms with E-state index in [-0.39, 0.29) is 5.41 Å². The van der Waals surface area contributed by atoms with Crippen LogP contribution in [0, 0.1) is 6.92 Å². The molecule has 4 aromatic rings. The summed E-state index contributed by atoms with van der Waals surface area (Å²) in [6, 6.07) is 33.5. The van der Waals surface area contributed by atoms with E-state index >= 15 is 0 Å². The summed E-state index contributed by atoms with van der Waals surface area (Å²) in [5.41, 5.74) is 15.4. The first-order valence-electron chi connectivity index (χ1n) is 14.3. The minimum atomic E-state index is -0.0528. The number of rotatable bonds is 6. The standard InChI is InChI=1S/C39H37N/c1-6-32(7-2)40(34-21-23-36-35-22-16-27(3)24-37(35)39(4,5)38(36)26-34)33-19-17-29(18-20-33)31-15-11-14-30(25-31)28-12-9-8-10-13-28/h6-10,12-13,15-26H,1,11,14H2,2-5H3/b32-7+. The summed E-state index contributed by atoms with van der Waals surface area (Å²) >= 11 is 0. The van der Waals surface area contributed by atoms with Crippen molar-refractivity contribution in [2.45, 2.75) is 46.0 Å². The van der Waals surface area contributed by atoms with Crippen LogP contribution in [0.15, 0.2) is 128 Å². The molecule has 0 aromatic heterocycles. The number of anilines is 2. The zero-order valence-electron chi connectivity index (χ0n) is 24.0. The zero-order chi connectivity index (χ0) is 27.9. The van der Waals surface area contributed by atoms with Gasteiger partial charge >= 0.3 is 0 Å². The number of allylic oxidation sites excluding steroid dienone is 6. The van der Waals surface area contributed by atoms with Gasteiger partial charge in [-0.1, -0.05) is 111 Å². The van der Waals surface area contributed by atoms with E-state index < -0.39 is 0 Å². The number of aryl methyl sites for hydroxylation is 1. The molecule has 0 saturated heterocycles. The van der Waals surface area contributed by atoms with Gasteiger partial charge in [-0.05, 0) is 102 Å². The van der Waals surface area contributed by atoms with Crippen LogP contribution in [-0.4, -0.2) is 0 Å². The Morgan fingerprint density at radius 1 is 0.800 bits per heavy atom. The van der Waals surface area contributed by atoms with Gasteiger partial charge in [0.25, 0.3) is 0 Å². The highest BCUT2D eigenvalue weighted by molar-refractivity contribution is 5.87. The Labute approximate surface area is 239 Å². The molecular weight excluding hydrogens is 482 g/mol. The van der Waals surface area contributed by atoms with E-state index in [0.29, 0.717) is 0 Å². The lowest BCUT2D eigenvalue weighted by Crippen LogP contribution is -2.18. The molecule has 40 heavy (non-hydrogen) atoms. The van der Waals surface area contributed by atoms with E-state index in [4.69, 9.17) is 0 Å². The number of nitrogens with zero attached hydrogens (tertiary/aromatic N) is 1. The first-order valence-corrected chi connectivity index (χ1v) is 14.3. The van der Waals surface area contributed by atoms with Crippen molar-refractivity contribution in [2.24, 2.45) is 0 Å². The lowest BCUT2D eigenvalue weighted by atomic mass is 9.82. The highest BCUT2D eigenvalue weighted by Crippen LogP contribution is 2.50. The van der Waals surface area contributed by atoms with Crippen LogP contribution in [0.4, 0.5) is 11.4 Å². The van der Waals surface area contributed by atoms with Crippen LogP contribution in [-0.2, 0) is 5.41 Å². The van der Waals surface area contributed by atoms with E-state index in [9.17, 15) is 0 Å². The second kappa shape index (κ2) is 10.3. The van der Waals surface area contributed by atoms with Gasteiger partial charge in [0.05, 0.1) is 0 Å². The second-order valence-corrected chi connectivity index (χ2v) is 11.4. The molecule has 6 rings (SSSR count). The van der Waals surface area contributed by atoms with Crippen molar-refractivity contribution in [1.29, 1.82) is 0 Å². The van der Waals surface area contributed by atoms with Gasteiger partial charge in [-0.2, -0.15) is 0 Å². The van der Waals surface area contributed by atoms with Gasteiger partial charge in [0.15, 0.2) is 0 Å². The molecule has 1 heteroatoms. The lowest BCUT2D eigenvalue weighted by Gasteiger charge is -2.29. The normalized spacial score (nSPS) is 15.6. The lowest BCUT2D eigenvalue weighted by molar-refractivity contribution is 0.660. The van der Waals surface area contributed by atoms with Gasteiger partial charge in [-0.3, -0.25) is 0 Å². The molecule has 198 valence electrons. The highest BCUT2D eigenvalue weighted by atomic mass is 15.1. The van der Waals surface area contributed by atoms with Crippen molar-refractivity contribution in [2.75, 3.05) is 4.90 Å². The Hall–Kier alpha value is -4.36. The Morgan fingerprint density at radius 3 is 2.17 bits per heavy atom. The largest absolute Gasteiger partial charge is 0.311 e. The average molecular weight is 520 g/mol. The third kappa shape index (κ3) is 4.46. The van der Waals surface area contributed by atoms with Crippen molar-refractivity contribution in [3.63, 3.8) is 0 Å². The third-order valence-corrected chi connectivity index (χ3v) is 8.55. The van der Waals surface area contributed by atoms with Gasteiger partial charge in [-0.15, -0.1) is 0 Å². The summed E-state index contributed by atoms with van der Waals surface area (Å²) in [6.07, 6.45) is 11.0. The summed E-state index contributed by atoms with van der Waals surface area (Å²) in [7, 11) is 0. The van der Waals surface area contributed by atoms with Crippen LogP contribution in [0.2, 0.25) is 0 Å². The summed E-state index contributed by atoms with van der Waals surface area (Å²) in [4.78, 5) is 2.32. The Balaban J connectivity index is 1.37. The average Bonchev–Trinajstić information content (AvgIpc) is 3.21. The van der Waals surface area contributed by atoms with Crippen LogP contribution in [0.3, 0.4) is 0 Å². The van der Waals surface area contributed by atoms with Crippen LogP contribution < -0.4 is 4.90 Å². The predicted molar refractivity (Wildman–Crippen MR) is 173 cm³/mol. The van der Waals surface area contributed by atoms with Crippen molar-refractivity contribution in [3.05, 3.63) is 155 Å². The molecular formula is C39H37N. The predicted octanol–water partition coefficient (Wildman–Crippen LogP) is 10.8. The fraction of sp³-hybridized carbons (Fsp3) is 0.179. The molecule has 0 spiro atoms. The van der Waals surface area contributed by atoms with E-state index in [0.717, 1.165) is 29.9 Å². The molecule has 2 aliphatic rings. The summed E-state index contributed by atoms with van der Waals surface area (Å²) < 4.78 is 0. The first kappa shape index (κ1) is 25.9. The SMILES string of the molecule is C=C/C(=C\C)N(c1ccc(C2=CCCC(c3ccccc3)=C2)cc1)c1ccc2c(c1)C(C)(C)c1cc(C)ccc1-2. The quantitative estimate of drug-likeness (QED) is 0.229. The highest BCUT2D eigenvalue weighted by Gasteiger charge is 2.36. The summed E-state index contributed by atoms with van der Waals surface area (Å²) in [5, 5.41) is 0. The van der Waals surface area contributed by atoms with Gasteiger partial charge in [0.2, 0.25) is 0 Å². The van der Waals surface area contributed by atoms with Gasteiger partial charge in [0.1, 0.15) is 0 Å². The molecule has 4 aromatic carbocycles. The molecule has 0 bridgehead atoms. The first-order chi connectivity index (χ1) is 19.4. The smallest absolute Gasteiger partial charge is 0.0464 e. The second-order valence-electron chi connectivity index (χ2n) is 11.4. The third-order valence-electron chi connectivity index (χ3n) is 8.55. The summed E-state index contributed by atoms with van der Waals surface area (Å²) in [6.45, 7) is 13.1. The molecule has 0 unspecified atom stereocenters. The van der Waals surface area contributed by atoms with Crippen molar-refractivity contribution < 1.29 is 0 Å². The van der Waals surface area contributed by atoms with Gasteiger partial charge < -0.3 is 4.90 Å². The molecule has 0 amide bonds. The Kier molecular flexibility index (Phi) is 6.68. The topological polar surface area (TPSA) is 3.24 Å². The summed E-state index contributed by atoms with van der Waals surface area (Å²) in [5.74, 6) is 0. The van der Waals surface area contributed by atoms with Gasteiger partial charge in [0, 0.05) is 22.5 Å². The number of benzene rings is 4. The molecule has 0 aliphatic heterocycles. The van der Waals surface area contributed by atoms with Crippen molar-refractivity contribution in [1.82, 2.24) is 0 Å². The number of hydrogen-bond donors (Lipinski definition) is 0. The van der Waals surface area contributed by atoms with Crippen LogP contribution in [0.5, 0.6) is 0 Å². The Bertz CT molecular complexity index is 1680. The van der Waals surface area contributed by atoms with Crippen LogP contribution in [0.1, 0.15) is 61.4 Å². The van der Waals surface area contributed by atoms with Crippen molar-refractivity contribution >= 4 is 22.5 Å². The fourth-order valence-corrected chi connectivity index (χ4v) is 6.35. The van der Waals surface area contributed by atoms with Gasteiger partial charge in [-0.25, -0.2) is 0 Å². The maximum atomic E-state index is 4.15. The molecule has 0 heterocycles. The molecule has 0 radical (unpaired) electrons.